The molecule has 15 nitrogen and oxygen atoms in total. The Morgan fingerprint density at radius 1 is 0.436 bits per heavy atom. The molecule has 0 radical (unpaired) electrons. The highest BCUT2D eigenvalue weighted by molar-refractivity contribution is 5.34. The second kappa shape index (κ2) is 10.7. The minimum atomic E-state index is -0.957. The highest BCUT2D eigenvalue weighted by Gasteiger charge is 2.18. The van der Waals surface area contributed by atoms with E-state index < -0.39 is 31.8 Å². The van der Waals surface area contributed by atoms with Crippen molar-refractivity contribution in [2.75, 3.05) is 0 Å². The summed E-state index contributed by atoms with van der Waals surface area (Å²) in [5.41, 5.74) is -2.31. The van der Waals surface area contributed by atoms with Crippen molar-refractivity contribution < 1.29 is 14.8 Å². The molecular weight excluding hydrogens is 516 g/mol. The molecule has 39 heavy (non-hydrogen) atoms. The zero-order valence-corrected chi connectivity index (χ0v) is 19.9. The zero-order chi connectivity index (χ0) is 28.3. The maximum absolute atomic E-state index is 13.3. The van der Waals surface area contributed by atoms with Crippen LogP contribution in [0.4, 0.5) is 17.1 Å². The predicted molar refractivity (Wildman–Crippen MR) is 136 cm³/mol. The molecule has 1 aromatic heterocycles. The van der Waals surface area contributed by atoms with Crippen molar-refractivity contribution in [3.8, 4) is 0 Å². The van der Waals surface area contributed by atoms with E-state index in [0.717, 1.165) is 13.7 Å². The van der Waals surface area contributed by atoms with Gasteiger partial charge >= 0.3 is 17.1 Å². The second-order valence-corrected chi connectivity index (χ2v) is 8.38. The molecule has 0 spiro atoms. The summed E-state index contributed by atoms with van der Waals surface area (Å²) in [6, 6.07) is 15.5. The molecular formula is C24H18N6O9. The highest BCUT2D eigenvalue weighted by Crippen LogP contribution is 2.14. The molecule has 0 amide bonds. The Morgan fingerprint density at radius 3 is 0.821 bits per heavy atom. The highest BCUT2D eigenvalue weighted by atomic mass is 16.6. The fraction of sp³-hybridized carbons (Fsp3) is 0.125. The fourth-order valence-electron chi connectivity index (χ4n) is 3.81. The van der Waals surface area contributed by atoms with Crippen LogP contribution in [-0.2, 0) is 19.6 Å². The normalized spacial score (nSPS) is 10.8. The van der Waals surface area contributed by atoms with Gasteiger partial charge in [-0.2, -0.15) is 0 Å². The van der Waals surface area contributed by atoms with Gasteiger partial charge in [0.15, 0.2) is 0 Å². The van der Waals surface area contributed by atoms with Crippen molar-refractivity contribution in [1.29, 1.82) is 0 Å². The molecule has 0 aliphatic rings. The van der Waals surface area contributed by atoms with Crippen LogP contribution in [0.3, 0.4) is 0 Å². The lowest BCUT2D eigenvalue weighted by molar-refractivity contribution is -0.385. The Morgan fingerprint density at radius 2 is 0.641 bits per heavy atom. The number of benzene rings is 3. The average molecular weight is 534 g/mol. The van der Waals surface area contributed by atoms with Crippen LogP contribution in [0.15, 0.2) is 87.2 Å². The van der Waals surface area contributed by atoms with Gasteiger partial charge in [0, 0.05) is 36.4 Å². The van der Waals surface area contributed by atoms with Gasteiger partial charge < -0.3 is 0 Å². The number of aromatic nitrogens is 3. The van der Waals surface area contributed by atoms with Crippen LogP contribution >= 0.6 is 0 Å². The molecule has 0 fully saturated rings. The van der Waals surface area contributed by atoms with Crippen LogP contribution in [0.2, 0.25) is 0 Å². The SMILES string of the molecule is O=c1n(Cc2ccc([N+](=O)[O-])cc2)c(=O)n(Cc2ccc([N+](=O)[O-])cc2)c(=O)n1Cc1ccc([N+](=O)[O-])cc1. The van der Waals surface area contributed by atoms with Crippen molar-refractivity contribution in [2.24, 2.45) is 0 Å². The molecule has 0 unspecified atom stereocenters. The maximum atomic E-state index is 13.3. The van der Waals surface area contributed by atoms with E-state index in [2.05, 4.69) is 0 Å². The summed E-state index contributed by atoms with van der Waals surface area (Å²) in [5, 5.41) is 32.9. The van der Waals surface area contributed by atoms with Gasteiger partial charge in [0.1, 0.15) is 0 Å². The third-order valence-corrected chi connectivity index (χ3v) is 5.85. The first-order chi connectivity index (χ1) is 18.5. The maximum Gasteiger partial charge on any atom is 0.336 e. The molecule has 0 saturated heterocycles. The van der Waals surface area contributed by atoms with E-state index >= 15 is 0 Å². The molecule has 0 bridgehead atoms. The van der Waals surface area contributed by atoms with E-state index in [9.17, 15) is 44.7 Å². The molecule has 0 atom stereocenters. The van der Waals surface area contributed by atoms with E-state index in [1.54, 1.807) is 0 Å². The third kappa shape index (κ3) is 5.66. The van der Waals surface area contributed by atoms with E-state index in [0.29, 0.717) is 16.7 Å². The summed E-state index contributed by atoms with van der Waals surface area (Å²) in [5.74, 6) is 0. The van der Waals surface area contributed by atoms with Crippen molar-refractivity contribution in [3.05, 3.63) is 151 Å². The number of hydrogen-bond acceptors (Lipinski definition) is 9. The first kappa shape index (κ1) is 26.3. The summed E-state index contributed by atoms with van der Waals surface area (Å²) >= 11 is 0. The Bertz CT molecular complexity index is 1510. The lowest BCUT2D eigenvalue weighted by atomic mass is 10.2. The molecule has 0 saturated carbocycles. The van der Waals surface area contributed by atoms with Gasteiger partial charge in [0.2, 0.25) is 0 Å². The van der Waals surface area contributed by atoms with E-state index in [-0.39, 0.29) is 36.7 Å². The van der Waals surface area contributed by atoms with Gasteiger partial charge in [-0.15, -0.1) is 0 Å². The van der Waals surface area contributed by atoms with Gasteiger partial charge in [0.05, 0.1) is 34.4 Å². The lowest BCUT2D eigenvalue weighted by Gasteiger charge is -2.14. The summed E-state index contributed by atoms with van der Waals surface area (Å²) in [7, 11) is 0. The zero-order valence-electron chi connectivity index (χ0n) is 19.9. The Kier molecular flexibility index (Phi) is 7.23. The molecule has 15 heteroatoms. The van der Waals surface area contributed by atoms with Gasteiger partial charge in [0.25, 0.3) is 17.1 Å². The minimum Gasteiger partial charge on any atom is -0.258 e. The number of rotatable bonds is 9. The topological polar surface area (TPSA) is 195 Å². The van der Waals surface area contributed by atoms with E-state index in [4.69, 9.17) is 0 Å². The van der Waals surface area contributed by atoms with Crippen LogP contribution in [0.5, 0.6) is 0 Å². The van der Waals surface area contributed by atoms with Gasteiger partial charge in [-0.05, 0) is 16.7 Å². The largest absolute Gasteiger partial charge is 0.336 e. The fourth-order valence-corrected chi connectivity index (χ4v) is 3.81. The number of nitro groups is 3. The van der Waals surface area contributed by atoms with E-state index in [1.807, 2.05) is 0 Å². The smallest absolute Gasteiger partial charge is 0.258 e. The number of nitro benzene ring substituents is 3. The second-order valence-electron chi connectivity index (χ2n) is 8.38. The lowest BCUT2D eigenvalue weighted by Crippen LogP contribution is -2.54. The monoisotopic (exact) mass is 534 g/mol. The van der Waals surface area contributed by atoms with Crippen LogP contribution in [0.1, 0.15) is 16.7 Å². The van der Waals surface area contributed by atoms with Crippen molar-refractivity contribution in [2.45, 2.75) is 19.6 Å². The molecule has 0 aliphatic heterocycles. The summed E-state index contributed by atoms with van der Waals surface area (Å²) in [4.78, 5) is 71.0. The summed E-state index contributed by atoms with van der Waals surface area (Å²) in [6.45, 7) is -0.927. The Balaban J connectivity index is 1.81. The molecule has 1 heterocycles. The molecule has 3 aromatic carbocycles. The Labute approximate surface area is 216 Å². The van der Waals surface area contributed by atoms with Crippen molar-refractivity contribution >= 4 is 17.1 Å². The third-order valence-electron chi connectivity index (χ3n) is 5.85. The number of nitrogens with zero attached hydrogens (tertiary/aromatic N) is 6. The molecule has 198 valence electrons. The van der Waals surface area contributed by atoms with Crippen LogP contribution < -0.4 is 17.1 Å². The van der Waals surface area contributed by atoms with Gasteiger partial charge in [-0.1, -0.05) is 36.4 Å². The molecule has 0 N–H and O–H groups in total. The first-order valence-corrected chi connectivity index (χ1v) is 11.2. The molecule has 4 aromatic rings. The average Bonchev–Trinajstić information content (AvgIpc) is 2.92. The van der Waals surface area contributed by atoms with Crippen molar-refractivity contribution in [3.63, 3.8) is 0 Å². The van der Waals surface area contributed by atoms with Crippen LogP contribution in [0.25, 0.3) is 0 Å². The Hall–Kier alpha value is -5.73. The summed E-state index contributed by atoms with van der Waals surface area (Å²) in [6.07, 6.45) is 0. The predicted octanol–water partition coefficient (Wildman–Crippen LogP) is 2.04. The quantitative estimate of drug-likeness (QED) is 0.228. The van der Waals surface area contributed by atoms with Crippen LogP contribution in [-0.4, -0.2) is 28.5 Å². The van der Waals surface area contributed by atoms with Gasteiger partial charge in [-0.25, -0.2) is 28.1 Å². The van der Waals surface area contributed by atoms with Crippen LogP contribution in [0, 0.1) is 30.3 Å². The summed E-state index contributed by atoms with van der Waals surface area (Å²) < 4.78 is 2.37. The number of non-ortho nitro benzene ring substituents is 3. The standard InChI is InChI=1S/C24H18N6O9/c31-22-25(13-16-1-7-19(8-2-16)28(34)35)23(32)27(15-18-5-11-21(12-6-18)30(38)39)24(33)26(22)14-17-3-9-20(10-4-17)29(36)37/h1-12H,13-15H2. The minimum absolute atomic E-state index is 0.190. The molecule has 4 rings (SSSR count). The molecule has 0 aliphatic carbocycles. The van der Waals surface area contributed by atoms with E-state index in [1.165, 1.54) is 72.8 Å². The number of hydrogen-bond donors (Lipinski definition) is 0. The van der Waals surface area contributed by atoms with Crippen molar-refractivity contribution in [1.82, 2.24) is 13.7 Å². The van der Waals surface area contributed by atoms with Gasteiger partial charge in [-0.3, -0.25) is 30.3 Å². The first-order valence-electron chi connectivity index (χ1n) is 11.2.